The maximum absolute atomic E-state index is 12.5. The van der Waals surface area contributed by atoms with Crippen LogP contribution in [0.5, 0.6) is 0 Å². The number of carbonyl (C=O) groups excluding carboxylic acids is 2. The molecule has 2 aliphatic heterocycles. The van der Waals surface area contributed by atoms with E-state index in [0.29, 0.717) is 16.8 Å². The third kappa shape index (κ3) is 2.41. The summed E-state index contributed by atoms with van der Waals surface area (Å²) < 4.78 is 0. The van der Waals surface area contributed by atoms with Crippen LogP contribution >= 0.6 is 11.8 Å². The number of benzene rings is 2. The molecule has 1 fully saturated rings. The molecule has 2 aromatic carbocycles. The van der Waals surface area contributed by atoms with Gasteiger partial charge in [0.25, 0.3) is 11.8 Å². The van der Waals surface area contributed by atoms with Crippen LogP contribution < -0.4 is 9.80 Å². The summed E-state index contributed by atoms with van der Waals surface area (Å²) in [5.74, 6) is 1.79. The highest BCUT2D eigenvalue weighted by molar-refractivity contribution is 7.99. The Kier molecular flexibility index (Phi) is 3.58. The number of fused-ring (bicyclic) bond motifs is 1. The van der Waals surface area contributed by atoms with E-state index in [1.54, 1.807) is 24.3 Å². The Hall–Kier alpha value is -2.27. The summed E-state index contributed by atoms with van der Waals surface area (Å²) in [5.41, 5.74) is 2.74. The van der Waals surface area contributed by atoms with E-state index in [1.807, 2.05) is 36.0 Å². The summed E-state index contributed by atoms with van der Waals surface area (Å²) >= 11 is 1.97. The topological polar surface area (TPSA) is 40.6 Å². The maximum Gasteiger partial charge on any atom is 0.266 e. The molecule has 23 heavy (non-hydrogen) atoms. The molecule has 0 radical (unpaired) electrons. The standard InChI is InChI=1S/C18H16N2O2S/c21-17-15-3-1-2-4-16(15)18(22)20(17)14-7-5-13(6-8-14)19-9-11-23-12-10-19/h1-8H,9-12H2. The average molecular weight is 324 g/mol. The van der Waals surface area contributed by atoms with Crippen molar-refractivity contribution in [2.75, 3.05) is 34.4 Å². The monoisotopic (exact) mass is 324 g/mol. The van der Waals surface area contributed by atoms with Crippen molar-refractivity contribution < 1.29 is 9.59 Å². The Balaban J connectivity index is 1.62. The Labute approximate surface area is 139 Å². The van der Waals surface area contributed by atoms with Crippen LogP contribution in [0.4, 0.5) is 11.4 Å². The van der Waals surface area contributed by atoms with Crippen molar-refractivity contribution in [3.8, 4) is 0 Å². The van der Waals surface area contributed by atoms with E-state index in [-0.39, 0.29) is 11.8 Å². The van der Waals surface area contributed by atoms with Gasteiger partial charge in [0, 0.05) is 30.3 Å². The van der Waals surface area contributed by atoms with E-state index < -0.39 is 0 Å². The van der Waals surface area contributed by atoms with Gasteiger partial charge in [0.2, 0.25) is 0 Å². The lowest BCUT2D eigenvalue weighted by molar-refractivity contribution is 0.0926. The predicted octanol–water partition coefficient (Wildman–Crippen LogP) is 3.04. The first kappa shape index (κ1) is 14.3. The van der Waals surface area contributed by atoms with Crippen LogP contribution in [0.25, 0.3) is 0 Å². The summed E-state index contributed by atoms with van der Waals surface area (Å²) in [5, 5.41) is 0. The Morgan fingerprint density at radius 3 is 1.83 bits per heavy atom. The largest absolute Gasteiger partial charge is 0.370 e. The van der Waals surface area contributed by atoms with Crippen molar-refractivity contribution in [1.29, 1.82) is 0 Å². The van der Waals surface area contributed by atoms with Gasteiger partial charge in [-0.25, -0.2) is 4.90 Å². The second kappa shape index (κ2) is 5.74. The first-order valence-corrected chi connectivity index (χ1v) is 8.82. The summed E-state index contributed by atoms with van der Waals surface area (Å²) in [6.45, 7) is 2.08. The Morgan fingerprint density at radius 2 is 1.26 bits per heavy atom. The Bertz CT molecular complexity index is 732. The van der Waals surface area contributed by atoms with Crippen molar-refractivity contribution in [2.45, 2.75) is 0 Å². The number of carbonyl (C=O) groups is 2. The first-order chi connectivity index (χ1) is 11.3. The van der Waals surface area contributed by atoms with Crippen LogP contribution in [-0.2, 0) is 0 Å². The minimum absolute atomic E-state index is 0.243. The third-order valence-electron chi connectivity index (χ3n) is 4.28. The van der Waals surface area contributed by atoms with Crippen molar-refractivity contribution in [2.24, 2.45) is 0 Å². The lowest BCUT2D eigenvalue weighted by Crippen LogP contribution is -2.32. The van der Waals surface area contributed by atoms with Crippen molar-refractivity contribution >= 4 is 35.0 Å². The molecule has 0 unspecified atom stereocenters. The fraction of sp³-hybridized carbons (Fsp3) is 0.222. The lowest BCUT2D eigenvalue weighted by atomic mass is 10.1. The Morgan fingerprint density at radius 1 is 0.739 bits per heavy atom. The lowest BCUT2D eigenvalue weighted by Gasteiger charge is -2.28. The van der Waals surface area contributed by atoms with Crippen molar-refractivity contribution in [1.82, 2.24) is 0 Å². The molecule has 4 nitrogen and oxygen atoms in total. The molecule has 0 aromatic heterocycles. The highest BCUT2D eigenvalue weighted by Gasteiger charge is 2.36. The zero-order chi connectivity index (χ0) is 15.8. The molecule has 0 spiro atoms. The SMILES string of the molecule is O=C1c2ccccc2C(=O)N1c1ccc(N2CCSCC2)cc1. The number of amides is 2. The summed E-state index contributed by atoms with van der Waals surface area (Å²) in [6.07, 6.45) is 0. The molecule has 0 saturated carbocycles. The molecule has 2 heterocycles. The molecule has 0 N–H and O–H groups in total. The van der Waals surface area contributed by atoms with Gasteiger partial charge in [-0.2, -0.15) is 11.8 Å². The number of anilines is 2. The molecule has 0 aliphatic carbocycles. The highest BCUT2D eigenvalue weighted by Crippen LogP contribution is 2.30. The van der Waals surface area contributed by atoms with Crippen molar-refractivity contribution in [3.63, 3.8) is 0 Å². The van der Waals surface area contributed by atoms with Gasteiger partial charge in [-0.15, -0.1) is 0 Å². The fourth-order valence-corrected chi connectivity index (χ4v) is 3.96. The summed E-state index contributed by atoms with van der Waals surface area (Å²) in [4.78, 5) is 28.6. The van der Waals surface area contributed by atoms with Crippen LogP contribution in [0.3, 0.4) is 0 Å². The van der Waals surface area contributed by atoms with Crippen LogP contribution in [0, 0.1) is 0 Å². The zero-order valence-electron chi connectivity index (χ0n) is 12.6. The molecule has 5 heteroatoms. The molecule has 2 amide bonds. The van der Waals surface area contributed by atoms with Gasteiger partial charge in [-0.05, 0) is 36.4 Å². The van der Waals surface area contributed by atoms with Crippen LogP contribution in [0.15, 0.2) is 48.5 Å². The number of nitrogens with zero attached hydrogens (tertiary/aromatic N) is 2. The molecular formula is C18H16N2O2S. The normalized spacial score (nSPS) is 17.6. The summed E-state index contributed by atoms with van der Waals surface area (Å²) in [7, 11) is 0. The molecule has 2 aromatic rings. The van der Waals surface area contributed by atoms with Gasteiger partial charge in [0.05, 0.1) is 16.8 Å². The van der Waals surface area contributed by atoms with Crippen LogP contribution in [0.2, 0.25) is 0 Å². The molecule has 0 bridgehead atoms. The number of imide groups is 1. The molecule has 2 aliphatic rings. The van der Waals surface area contributed by atoms with Crippen LogP contribution in [0.1, 0.15) is 20.7 Å². The minimum Gasteiger partial charge on any atom is -0.370 e. The average Bonchev–Trinajstić information content (AvgIpc) is 2.87. The van der Waals surface area contributed by atoms with Gasteiger partial charge in [0.15, 0.2) is 0 Å². The molecular weight excluding hydrogens is 308 g/mol. The number of thioether (sulfide) groups is 1. The third-order valence-corrected chi connectivity index (χ3v) is 5.22. The van der Waals surface area contributed by atoms with E-state index in [0.717, 1.165) is 30.3 Å². The van der Waals surface area contributed by atoms with Gasteiger partial charge in [-0.3, -0.25) is 9.59 Å². The second-order valence-corrected chi connectivity index (χ2v) is 6.83. The molecule has 4 rings (SSSR count). The smallest absolute Gasteiger partial charge is 0.266 e. The first-order valence-electron chi connectivity index (χ1n) is 7.66. The maximum atomic E-state index is 12.5. The molecule has 0 atom stereocenters. The second-order valence-electron chi connectivity index (χ2n) is 5.61. The van der Waals surface area contributed by atoms with E-state index >= 15 is 0 Å². The van der Waals surface area contributed by atoms with Crippen LogP contribution in [-0.4, -0.2) is 36.4 Å². The van der Waals surface area contributed by atoms with E-state index in [2.05, 4.69) is 4.90 Å². The van der Waals surface area contributed by atoms with Gasteiger partial charge < -0.3 is 4.90 Å². The van der Waals surface area contributed by atoms with Gasteiger partial charge >= 0.3 is 0 Å². The minimum atomic E-state index is -0.243. The molecule has 116 valence electrons. The van der Waals surface area contributed by atoms with Crippen molar-refractivity contribution in [3.05, 3.63) is 59.7 Å². The van der Waals surface area contributed by atoms with Gasteiger partial charge in [-0.1, -0.05) is 12.1 Å². The number of hydrogen-bond acceptors (Lipinski definition) is 4. The highest BCUT2D eigenvalue weighted by atomic mass is 32.2. The number of rotatable bonds is 2. The summed E-state index contributed by atoms with van der Waals surface area (Å²) in [6, 6.07) is 14.7. The molecule has 1 saturated heterocycles. The predicted molar refractivity (Wildman–Crippen MR) is 93.6 cm³/mol. The van der Waals surface area contributed by atoms with E-state index in [1.165, 1.54) is 4.90 Å². The van der Waals surface area contributed by atoms with Gasteiger partial charge in [0.1, 0.15) is 0 Å². The van der Waals surface area contributed by atoms with E-state index in [4.69, 9.17) is 0 Å². The number of hydrogen-bond donors (Lipinski definition) is 0. The quantitative estimate of drug-likeness (QED) is 0.796. The van der Waals surface area contributed by atoms with E-state index in [9.17, 15) is 9.59 Å². The zero-order valence-corrected chi connectivity index (χ0v) is 13.4. The fourth-order valence-electron chi connectivity index (χ4n) is 3.06.